The molecule has 2 nitrogen and oxygen atoms in total. The number of nitrogens with two attached hydrogens (primary N) is 1. The lowest BCUT2D eigenvalue weighted by atomic mass is 10.1. The maximum absolute atomic E-state index is 13.4. The van der Waals surface area contributed by atoms with Gasteiger partial charge in [0, 0.05) is 11.6 Å². The Morgan fingerprint density at radius 3 is 2.26 bits per heavy atom. The summed E-state index contributed by atoms with van der Waals surface area (Å²) < 4.78 is 19.0. The van der Waals surface area contributed by atoms with E-state index < -0.39 is 0 Å². The van der Waals surface area contributed by atoms with Crippen LogP contribution in [0.5, 0.6) is 11.5 Å². The Morgan fingerprint density at radius 2 is 1.68 bits per heavy atom. The zero-order valence-electron chi connectivity index (χ0n) is 10.7. The van der Waals surface area contributed by atoms with Crippen molar-refractivity contribution in [3.8, 4) is 11.5 Å². The van der Waals surface area contributed by atoms with Crippen molar-refractivity contribution in [1.29, 1.82) is 0 Å². The Balaban J connectivity index is 2.26. The SMILES string of the molecule is Cc1ccc(Oc2ccc(C(N)=S)c(C)c2)cc1F. The molecule has 0 aliphatic rings. The predicted octanol–water partition coefficient (Wildman–Crippen LogP) is 3.87. The molecule has 0 radical (unpaired) electrons. The lowest BCUT2D eigenvalue weighted by molar-refractivity contribution is 0.475. The van der Waals surface area contributed by atoms with Gasteiger partial charge < -0.3 is 10.5 Å². The quantitative estimate of drug-likeness (QED) is 0.864. The van der Waals surface area contributed by atoms with Crippen LogP contribution < -0.4 is 10.5 Å². The van der Waals surface area contributed by atoms with Crippen molar-refractivity contribution in [1.82, 2.24) is 0 Å². The number of halogens is 1. The average molecular weight is 275 g/mol. The summed E-state index contributed by atoms with van der Waals surface area (Å²) in [7, 11) is 0. The number of hydrogen-bond acceptors (Lipinski definition) is 2. The zero-order valence-corrected chi connectivity index (χ0v) is 11.6. The number of aryl methyl sites for hydroxylation is 2. The Bertz CT molecular complexity index is 640. The molecule has 0 aliphatic heterocycles. The molecule has 0 saturated carbocycles. The lowest BCUT2D eigenvalue weighted by Crippen LogP contribution is -2.10. The summed E-state index contributed by atoms with van der Waals surface area (Å²) in [6, 6.07) is 10.2. The highest BCUT2D eigenvalue weighted by Crippen LogP contribution is 2.25. The van der Waals surface area contributed by atoms with Crippen molar-refractivity contribution in [3.05, 3.63) is 58.9 Å². The molecule has 0 heterocycles. The fraction of sp³-hybridized carbons (Fsp3) is 0.133. The van der Waals surface area contributed by atoms with Crippen LogP contribution in [0.4, 0.5) is 4.39 Å². The monoisotopic (exact) mass is 275 g/mol. The predicted molar refractivity (Wildman–Crippen MR) is 78.3 cm³/mol. The third-order valence-electron chi connectivity index (χ3n) is 2.84. The highest BCUT2D eigenvalue weighted by Gasteiger charge is 2.05. The highest BCUT2D eigenvalue weighted by atomic mass is 32.1. The van der Waals surface area contributed by atoms with Gasteiger partial charge in [-0.25, -0.2) is 4.39 Å². The van der Waals surface area contributed by atoms with Crippen molar-refractivity contribution in [2.24, 2.45) is 5.73 Å². The summed E-state index contributed by atoms with van der Waals surface area (Å²) >= 11 is 4.94. The first-order valence-corrected chi connectivity index (χ1v) is 6.22. The largest absolute Gasteiger partial charge is 0.457 e. The molecular formula is C15H14FNOS. The third kappa shape index (κ3) is 3.09. The van der Waals surface area contributed by atoms with Gasteiger partial charge in [-0.05, 0) is 49.2 Å². The van der Waals surface area contributed by atoms with Crippen LogP contribution in [-0.2, 0) is 0 Å². The van der Waals surface area contributed by atoms with Gasteiger partial charge in [-0.1, -0.05) is 18.3 Å². The molecule has 2 N–H and O–H groups in total. The van der Waals surface area contributed by atoms with Crippen LogP contribution >= 0.6 is 12.2 Å². The topological polar surface area (TPSA) is 35.2 Å². The first-order chi connectivity index (χ1) is 8.97. The third-order valence-corrected chi connectivity index (χ3v) is 3.06. The molecule has 0 saturated heterocycles. The molecule has 2 aromatic carbocycles. The smallest absolute Gasteiger partial charge is 0.130 e. The maximum Gasteiger partial charge on any atom is 0.130 e. The van der Waals surface area contributed by atoms with Crippen molar-refractivity contribution in [2.45, 2.75) is 13.8 Å². The summed E-state index contributed by atoms with van der Waals surface area (Å²) in [5.41, 5.74) is 7.93. The van der Waals surface area contributed by atoms with E-state index in [1.807, 2.05) is 13.0 Å². The Morgan fingerprint density at radius 1 is 1.05 bits per heavy atom. The van der Waals surface area contributed by atoms with E-state index in [-0.39, 0.29) is 5.82 Å². The fourth-order valence-corrected chi connectivity index (χ4v) is 1.98. The second kappa shape index (κ2) is 5.36. The van der Waals surface area contributed by atoms with Crippen molar-refractivity contribution >= 4 is 17.2 Å². The van der Waals surface area contributed by atoms with Gasteiger partial charge in [-0.2, -0.15) is 0 Å². The van der Waals surface area contributed by atoms with Gasteiger partial charge in [0.25, 0.3) is 0 Å². The summed E-state index contributed by atoms with van der Waals surface area (Å²) in [6.07, 6.45) is 0. The van der Waals surface area contributed by atoms with Crippen LogP contribution in [0.25, 0.3) is 0 Å². The van der Waals surface area contributed by atoms with Gasteiger partial charge in [0.2, 0.25) is 0 Å². The van der Waals surface area contributed by atoms with E-state index in [0.29, 0.717) is 22.1 Å². The summed E-state index contributed by atoms with van der Waals surface area (Å²) in [5, 5.41) is 0. The van der Waals surface area contributed by atoms with E-state index in [0.717, 1.165) is 11.1 Å². The van der Waals surface area contributed by atoms with Gasteiger partial charge in [0.1, 0.15) is 22.3 Å². The lowest BCUT2D eigenvalue weighted by Gasteiger charge is -2.09. The number of benzene rings is 2. The van der Waals surface area contributed by atoms with Crippen molar-refractivity contribution in [2.75, 3.05) is 0 Å². The normalized spacial score (nSPS) is 10.3. The van der Waals surface area contributed by atoms with Crippen LogP contribution in [0.15, 0.2) is 36.4 Å². The molecule has 0 fully saturated rings. The van der Waals surface area contributed by atoms with Crippen molar-refractivity contribution < 1.29 is 9.13 Å². The second-order valence-electron chi connectivity index (χ2n) is 4.35. The highest BCUT2D eigenvalue weighted by molar-refractivity contribution is 7.80. The van der Waals surface area contributed by atoms with E-state index in [9.17, 15) is 4.39 Å². The number of hydrogen-bond donors (Lipinski definition) is 1. The Labute approximate surface area is 117 Å². The summed E-state index contributed by atoms with van der Waals surface area (Å²) in [4.78, 5) is 0.352. The van der Waals surface area contributed by atoms with Gasteiger partial charge in [-0.3, -0.25) is 0 Å². The fourth-order valence-electron chi connectivity index (χ4n) is 1.75. The minimum Gasteiger partial charge on any atom is -0.457 e. The molecule has 0 aliphatic carbocycles. The molecule has 0 unspecified atom stereocenters. The molecule has 2 aromatic rings. The first kappa shape index (κ1) is 13.5. The van der Waals surface area contributed by atoms with Crippen LogP contribution in [0.3, 0.4) is 0 Å². The average Bonchev–Trinajstić information content (AvgIpc) is 2.33. The molecule has 0 aromatic heterocycles. The molecular weight excluding hydrogens is 261 g/mol. The van der Waals surface area contributed by atoms with Gasteiger partial charge in [0.05, 0.1) is 0 Å². The standard InChI is InChI=1S/C15H14FNOS/c1-9-3-4-12(8-14(9)16)18-11-5-6-13(15(17)19)10(2)7-11/h3-8H,1-2H3,(H2,17,19). The maximum atomic E-state index is 13.4. The zero-order chi connectivity index (χ0) is 14.0. The first-order valence-electron chi connectivity index (χ1n) is 5.82. The van der Waals surface area contributed by atoms with Crippen LogP contribution in [0, 0.1) is 19.7 Å². The van der Waals surface area contributed by atoms with Gasteiger partial charge >= 0.3 is 0 Å². The van der Waals surface area contributed by atoms with E-state index in [2.05, 4.69) is 0 Å². The second-order valence-corrected chi connectivity index (χ2v) is 4.79. The number of rotatable bonds is 3. The molecule has 0 bridgehead atoms. The minimum atomic E-state index is -0.283. The summed E-state index contributed by atoms with van der Waals surface area (Å²) in [5.74, 6) is 0.806. The molecule has 0 amide bonds. The molecule has 2 rings (SSSR count). The Hall–Kier alpha value is -1.94. The molecule has 4 heteroatoms. The summed E-state index contributed by atoms with van der Waals surface area (Å²) in [6.45, 7) is 3.61. The van der Waals surface area contributed by atoms with Crippen molar-refractivity contribution in [3.63, 3.8) is 0 Å². The van der Waals surface area contributed by atoms with E-state index >= 15 is 0 Å². The Kier molecular flexibility index (Phi) is 3.81. The number of thiocarbonyl (C=S) groups is 1. The molecule has 98 valence electrons. The number of ether oxygens (including phenoxy) is 1. The van der Waals surface area contributed by atoms with E-state index in [1.165, 1.54) is 6.07 Å². The van der Waals surface area contributed by atoms with Gasteiger partial charge in [0.15, 0.2) is 0 Å². The van der Waals surface area contributed by atoms with E-state index in [4.69, 9.17) is 22.7 Å². The van der Waals surface area contributed by atoms with E-state index in [1.54, 1.807) is 31.2 Å². The van der Waals surface area contributed by atoms with Crippen LogP contribution in [0.1, 0.15) is 16.7 Å². The van der Waals surface area contributed by atoms with Crippen LogP contribution in [0.2, 0.25) is 0 Å². The molecule has 0 spiro atoms. The van der Waals surface area contributed by atoms with Gasteiger partial charge in [-0.15, -0.1) is 0 Å². The van der Waals surface area contributed by atoms with Crippen LogP contribution in [-0.4, -0.2) is 4.99 Å². The minimum absolute atomic E-state index is 0.283. The molecule has 19 heavy (non-hydrogen) atoms. The molecule has 0 atom stereocenters.